The monoisotopic (exact) mass is 240 g/mol. The summed E-state index contributed by atoms with van der Waals surface area (Å²) in [5.41, 5.74) is 5.13. The summed E-state index contributed by atoms with van der Waals surface area (Å²) >= 11 is 0. The van der Waals surface area contributed by atoms with Crippen molar-refractivity contribution >= 4 is 0 Å². The number of ether oxygens (including phenoxy) is 1. The molecule has 0 N–H and O–H groups in total. The smallest absolute Gasteiger partial charge is 0.0724 e. The van der Waals surface area contributed by atoms with E-state index in [-0.39, 0.29) is 0 Å². The molecule has 0 fully saturated rings. The average Bonchev–Trinajstić information content (AvgIpc) is 2.40. The van der Waals surface area contributed by atoms with Gasteiger partial charge in [-0.2, -0.15) is 0 Å². The van der Waals surface area contributed by atoms with Crippen LogP contribution in [0.4, 0.5) is 0 Å². The lowest BCUT2D eigenvalue weighted by Crippen LogP contribution is -2.11. The van der Waals surface area contributed by atoms with Gasteiger partial charge in [0.2, 0.25) is 0 Å². The molecule has 1 atom stereocenters. The van der Waals surface area contributed by atoms with Crippen molar-refractivity contribution < 1.29 is 4.74 Å². The molecule has 94 valence electrons. The molecule has 1 heteroatoms. The minimum Gasteiger partial charge on any atom is -0.372 e. The third kappa shape index (κ3) is 2.46. The lowest BCUT2D eigenvalue weighted by atomic mass is 9.86. The van der Waals surface area contributed by atoms with Crippen molar-refractivity contribution in [1.82, 2.24) is 0 Å². The van der Waals surface area contributed by atoms with Crippen LogP contribution in [0, 0.1) is 0 Å². The van der Waals surface area contributed by atoms with Crippen LogP contribution >= 0.6 is 0 Å². The molecule has 2 rings (SSSR count). The molecule has 1 unspecified atom stereocenters. The zero-order chi connectivity index (χ0) is 13.0. The zero-order valence-corrected chi connectivity index (χ0v) is 11.1. The molecule has 0 amide bonds. The normalized spacial score (nSPS) is 24.4. The van der Waals surface area contributed by atoms with Gasteiger partial charge in [0.05, 0.1) is 13.2 Å². The maximum atomic E-state index is 5.77. The number of rotatable bonds is 2. The molecule has 1 aliphatic rings. The fourth-order valence-corrected chi connectivity index (χ4v) is 2.50. The fourth-order valence-electron chi connectivity index (χ4n) is 2.50. The van der Waals surface area contributed by atoms with E-state index in [9.17, 15) is 0 Å². The van der Waals surface area contributed by atoms with E-state index in [1.165, 1.54) is 22.3 Å². The van der Waals surface area contributed by atoms with Gasteiger partial charge in [-0.1, -0.05) is 56.0 Å². The lowest BCUT2D eigenvalue weighted by Gasteiger charge is -2.23. The number of benzene rings is 1. The maximum Gasteiger partial charge on any atom is 0.0724 e. The Balaban J connectivity index is 2.54. The third-order valence-electron chi connectivity index (χ3n) is 3.47. The summed E-state index contributed by atoms with van der Waals surface area (Å²) in [4.78, 5) is 0. The first-order chi connectivity index (χ1) is 8.77. The summed E-state index contributed by atoms with van der Waals surface area (Å²) in [6, 6.07) is 8.51. The second-order valence-electron chi connectivity index (χ2n) is 4.60. The molecular formula is C17H20O. The van der Waals surface area contributed by atoms with E-state index in [1.54, 1.807) is 0 Å². The molecular weight excluding hydrogens is 220 g/mol. The summed E-state index contributed by atoms with van der Waals surface area (Å²) in [7, 11) is 0. The second-order valence-corrected chi connectivity index (χ2v) is 4.60. The molecule has 1 aromatic rings. The van der Waals surface area contributed by atoms with Gasteiger partial charge in [0.25, 0.3) is 0 Å². The maximum absolute atomic E-state index is 5.77. The van der Waals surface area contributed by atoms with Crippen molar-refractivity contribution in [2.45, 2.75) is 26.4 Å². The highest BCUT2D eigenvalue weighted by Gasteiger charge is 2.18. The predicted octanol–water partition coefficient (Wildman–Crippen LogP) is 4.38. The molecule has 0 aliphatic carbocycles. The number of hydrogen-bond acceptors (Lipinski definition) is 1. The Kier molecular flexibility index (Phi) is 4.16. The molecule has 1 nitrogen and oxygen atoms in total. The molecule has 0 bridgehead atoms. The van der Waals surface area contributed by atoms with E-state index in [0.717, 1.165) is 0 Å². The van der Waals surface area contributed by atoms with Crippen molar-refractivity contribution in [1.29, 1.82) is 0 Å². The van der Waals surface area contributed by atoms with Crippen molar-refractivity contribution in [2.75, 3.05) is 6.61 Å². The molecule has 0 saturated carbocycles. The number of allylic oxidation sites excluding steroid dienone is 3. The quantitative estimate of drug-likeness (QED) is 0.745. The molecule has 1 heterocycles. The summed E-state index contributed by atoms with van der Waals surface area (Å²) in [5, 5.41) is 0. The summed E-state index contributed by atoms with van der Waals surface area (Å²) in [6.07, 6.45) is 6.17. The molecule has 0 aromatic heterocycles. The van der Waals surface area contributed by atoms with Gasteiger partial charge in [0.1, 0.15) is 0 Å². The Labute approximate surface area is 109 Å². The number of hydrogen-bond donors (Lipinski definition) is 0. The van der Waals surface area contributed by atoms with E-state index in [0.29, 0.717) is 19.1 Å². The van der Waals surface area contributed by atoms with Gasteiger partial charge in [0.15, 0.2) is 0 Å². The van der Waals surface area contributed by atoms with Crippen LogP contribution < -0.4 is 0 Å². The SMILES string of the molecule is C=C/C1=C(\C=C/C)C(C)c2ccccc2COC1. The minimum atomic E-state index is 0.384. The standard InChI is InChI=1S/C17H20O/c1-4-8-16-13(3)17-10-7-6-9-15(17)12-18-11-14(16)5-2/h4-10,13H,2,11-12H2,1,3H3/b8-4-,16-14-. The average molecular weight is 240 g/mol. The number of fused-ring (bicyclic) bond motifs is 1. The van der Waals surface area contributed by atoms with Gasteiger partial charge >= 0.3 is 0 Å². The van der Waals surface area contributed by atoms with Crippen LogP contribution in [0.15, 0.2) is 60.2 Å². The van der Waals surface area contributed by atoms with E-state index in [1.807, 2.05) is 13.0 Å². The zero-order valence-electron chi connectivity index (χ0n) is 11.1. The Hall–Kier alpha value is -1.60. The highest BCUT2D eigenvalue weighted by molar-refractivity contribution is 5.44. The van der Waals surface area contributed by atoms with Crippen LogP contribution in [-0.4, -0.2) is 6.61 Å². The topological polar surface area (TPSA) is 9.23 Å². The second kappa shape index (κ2) is 5.83. The van der Waals surface area contributed by atoms with Gasteiger partial charge in [-0.3, -0.25) is 0 Å². The Bertz CT molecular complexity index is 494. The van der Waals surface area contributed by atoms with Crippen LogP contribution in [0.5, 0.6) is 0 Å². The van der Waals surface area contributed by atoms with Crippen LogP contribution in [0.3, 0.4) is 0 Å². The molecule has 0 saturated heterocycles. The lowest BCUT2D eigenvalue weighted by molar-refractivity contribution is 0.141. The first-order valence-electron chi connectivity index (χ1n) is 6.41. The summed E-state index contributed by atoms with van der Waals surface area (Å²) in [6.45, 7) is 9.53. The van der Waals surface area contributed by atoms with Gasteiger partial charge in [-0.15, -0.1) is 0 Å². The molecule has 1 aliphatic heterocycles. The van der Waals surface area contributed by atoms with E-state index >= 15 is 0 Å². The van der Waals surface area contributed by atoms with E-state index < -0.39 is 0 Å². The van der Waals surface area contributed by atoms with Gasteiger partial charge in [-0.05, 0) is 29.2 Å². The first-order valence-corrected chi connectivity index (χ1v) is 6.41. The van der Waals surface area contributed by atoms with Crippen molar-refractivity contribution in [3.63, 3.8) is 0 Å². The Morgan fingerprint density at radius 3 is 2.78 bits per heavy atom. The highest BCUT2D eigenvalue weighted by Crippen LogP contribution is 2.32. The largest absolute Gasteiger partial charge is 0.372 e. The van der Waals surface area contributed by atoms with Crippen molar-refractivity contribution in [2.24, 2.45) is 0 Å². The van der Waals surface area contributed by atoms with E-state index in [2.05, 4.69) is 49.9 Å². The van der Waals surface area contributed by atoms with E-state index in [4.69, 9.17) is 4.74 Å². The van der Waals surface area contributed by atoms with Crippen LogP contribution in [0.1, 0.15) is 30.9 Å². The summed E-state index contributed by atoms with van der Waals surface area (Å²) in [5.74, 6) is 0.384. The van der Waals surface area contributed by atoms with Gasteiger partial charge in [-0.25, -0.2) is 0 Å². The molecule has 1 aromatic carbocycles. The first kappa shape index (κ1) is 12.8. The van der Waals surface area contributed by atoms with Crippen LogP contribution in [-0.2, 0) is 11.3 Å². The Morgan fingerprint density at radius 1 is 1.28 bits per heavy atom. The minimum absolute atomic E-state index is 0.384. The van der Waals surface area contributed by atoms with Crippen molar-refractivity contribution in [3.05, 3.63) is 71.3 Å². The van der Waals surface area contributed by atoms with Gasteiger partial charge < -0.3 is 4.74 Å². The Morgan fingerprint density at radius 2 is 2.06 bits per heavy atom. The third-order valence-corrected chi connectivity index (χ3v) is 3.47. The summed E-state index contributed by atoms with van der Waals surface area (Å²) < 4.78 is 5.77. The molecule has 18 heavy (non-hydrogen) atoms. The van der Waals surface area contributed by atoms with Crippen LogP contribution in [0.2, 0.25) is 0 Å². The molecule has 0 radical (unpaired) electrons. The van der Waals surface area contributed by atoms with Crippen molar-refractivity contribution in [3.8, 4) is 0 Å². The highest BCUT2D eigenvalue weighted by atomic mass is 16.5. The predicted molar refractivity (Wildman–Crippen MR) is 76.6 cm³/mol. The van der Waals surface area contributed by atoms with Crippen LogP contribution in [0.25, 0.3) is 0 Å². The molecule has 0 spiro atoms. The van der Waals surface area contributed by atoms with Gasteiger partial charge in [0, 0.05) is 5.92 Å². The fraction of sp³-hybridized carbons (Fsp3) is 0.294.